The van der Waals surface area contributed by atoms with Crippen LogP contribution in [0.15, 0.2) is 61.1 Å². The van der Waals surface area contributed by atoms with Gasteiger partial charge < -0.3 is 10.3 Å². The zero-order valence-corrected chi connectivity index (χ0v) is 19.6. The van der Waals surface area contributed by atoms with Gasteiger partial charge in [-0.25, -0.2) is 22.1 Å². The number of aromatic amines is 1. The summed E-state index contributed by atoms with van der Waals surface area (Å²) in [6, 6.07) is 12.8. The first kappa shape index (κ1) is 22.5. The normalized spacial score (nSPS) is 15.6. The Balaban J connectivity index is 1.41. The highest BCUT2D eigenvalue weighted by Gasteiger charge is 2.27. The average molecular weight is 480 g/mol. The molecule has 0 unspecified atom stereocenters. The number of sulfonamides is 1. The second-order valence-corrected chi connectivity index (χ2v) is 10.7. The van der Waals surface area contributed by atoms with Gasteiger partial charge in [-0.2, -0.15) is 0 Å². The van der Waals surface area contributed by atoms with Crippen LogP contribution in [0, 0.1) is 5.82 Å². The van der Waals surface area contributed by atoms with E-state index in [1.54, 1.807) is 24.7 Å². The summed E-state index contributed by atoms with van der Waals surface area (Å²) >= 11 is 0. The molecule has 0 saturated carbocycles. The van der Waals surface area contributed by atoms with Crippen molar-refractivity contribution in [1.82, 2.24) is 19.3 Å². The first-order chi connectivity index (χ1) is 16.4. The summed E-state index contributed by atoms with van der Waals surface area (Å²) < 4.78 is 40.1. The predicted molar refractivity (Wildman–Crippen MR) is 131 cm³/mol. The molecule has 0 amide bonds. The van der Waals surface area contributed by atoms with Crippen molar-refractivity contribution in [2.75, 3.05) is 24.7 Å². The number of hydrogen-bond donors (Lipinski definition) is 2. The van der Waals surface area contributed by atoms with Crippen molar-refractivity contribution < 1.29 is 12.8 Å². The maximum Gasteiger partial charge on any atom is 0.211 e. The van der Waals surface area contributed by atoms with Gasteiger partial charge in [-0.1, -0.05) is 0 Å². The van der Waals surface area contributed by atoms with E-state index in [2.05, 4.69) is 20.3 Å². The van der Waals surface area contributed by atoms with E-state index >= 15 is 0 Å². The highest BCUT2D eigenvalue weighted by Crippen LogP contribution is 2.35. The number of H-pyrrole nitrogens is 1. The Labute approximate surface area is 198 Å². The number of piperidine rings is 1. The molecule has 7 nitrogen and oxygen atoms in total. The quantitative estimate of drug-likeness (QED) is 0.425. The van der Waals surface area contributed by atoms with Crippen LogP contribution < -0.4 is 5.32 Å². The second kappa shape index (κ2) is 9.15. The number of benzene rings is 1. The Bertz CT molecular complexity index is 1410. The van der Waals surface area contributed by atoms with Crippen molar-refractivity contribution in [3.05, 3.63) is 78.1 Å². The minimum atomic E-state index is -3.17. The fourth-order valence-corrected chi connectivity index (χ4v) is 5.42. The van der Waals surface area contributed by atoms with Gasteiger partial charge in [0.1, 0.15) is 11.5 Å². The van der Waals surface area contributed by atoms with E-state index in [-0.39, 0.29) is 11.7 Å². The third-order valence-corrected chi connectivity index (χ3v) is 7.72. The molecule has 1 saturated heterocycles. The molecule has 2 N–H and O–H groups in total. The van der Waals surface area contributed by atoms with E-state index in [1.807, 2.05) is 30.3 Å². The molecule has 0 spiro atoms. The number of pyridine rings is 2. The van der Waals surface area contributed by atoms with E-state index < -0.39 is 10.0 Å². The molecular weight excluding hydrogens is 453 g/mol. The van der Waals surface area contributed by atoms with E-state index in [9.17, 15) is 12.8 Å². The molecule has 1 aromatic carbocycles. The number of nitrogens with one attached hydrogen (secondary N) is 2. The van der Waals surface area contributed by atoms with Gasteiger partial charge in [0.05, 0.1) is 6.26 Å². The van der Waals surface area contributed by atoms with E-state index in [0.717, 1.165) is 40.7 Å². The average Bonchev–Trinajstić information content (AvgIpc) is 3.28. The van der Waals surface area contributed by atoms with Gasteiger partial charge in [0, 0.05) is 66.5 Å². The monoisotopic (exact) mass is 479 g/mol. The number of halogens is 1. The van der Waals surface area contributed by atoms with E-state index in [0.29, 0.717) is 30.8 Å². The van der Waals surface area contributed by atoms with Crippen LogP contribution in [0.2, 0.25) is 0 Å². The molecule has 4 aromatic rings. The fraction of sp³-hybridized carbons (Fsp3) is 0.280. The Hall–Kier alpha value is -3.30. The molecule has 0 atom stereocenters. The molecule has 0 bridgehead atoms. The molecule has 5 rings (SSSR count). The number of aromatic nitrogens is 3. The number of rotatable bonds is 6. The van der Waals surface area contributed by atoms with Crippen LogP contribution in [-0.2, 0) is 16.6 Å². The first-order valence-electron chi connectivity index (χ1n) is 11.2. The zero-order valence-electron chi connectivity index (χ0n) is 18.8. The summed E-state index contributed by atoms with van der Waals surface area (Å²) in [5, 5.41) is 4.20. The predicted octanol–water partition coefficient (Wildman–Crippen LogP) is 4.52. The van der Waals surface area contributed by atoms with Crippen molar-refractivity contribution in [2.45, 2.75) is 25.3 Å². The van der Waals surface area contributed by atoms with Gasteiger partial charge in [0.2, 0.25) is 10.0 Å². The standard InChI is InChI=1S/C25H26FN5O2S/c1-34(32,33)31-12-7-18(8-13-31)24-15-22-20(6-11-28-25(22)30-24)21-14-19(2-3-23(21)26)29-16-17-4-9-27-10-5-17/h2-6,9-11,14-15,18,29H,7-8,12-13,16H2,1H3,(H,28,30). The Morgan fingerprint density at radius 3 is 2.56 bits per heavy atom. The number of nitrogens with zero attached hydrogens (tertiary/aromatic N) is 3. The summed E-state index contributed by atoms with van der Waals surface area (Å²) in [7, 11) is -3.17. The van der Waals surface area contributed by atoms with Gasteiger partial charge in [0.15, 0.2) is 0 Å². The molecule has 1 aliphatic rings. The highest BCUT2D eigenvalue weighted by atomic mass is 32.2. The summed E-state index contributed by atoms with van der Waals surface area (Å²) in [5.41, 5.74) is 4.89. The highest BCUT2D eigenvalue weighted by molar-refractivity contribution is 7.88. The van der Waals surface area contributed by atoms with Gasteiger partial charge in [-0.15, -0.1) is 0 Å². The molecule has 1 aliphatic heterocycles. The maximum absolute atomic E-state index is 14.9. The molecule has 1 fully saturated rings. The lowest BCUT2D eigenvalue weighted by Crippen LogP contribution is -2.37. The Kier molecular flexibility index (Phi) is 6.05. The number of hydrogen-bond acceptors (Lipinski definition) is 5. The largest absolute Gasteiger partial charge is 0.381 e. The second-order valence-electron chi connectivity index (χ2n) is 8.69. The van der Waals surface area contributed by atoms with Crippen molar-refractivity contribution in [1.29, 1.82) is 0 Å². The molecule has 0 aliphatic carbocycles. The van der Waals surface area contributed by atoms with Crippen molar-refractivity contribution in [3.8, 4) is 11.1 Å². The minimum Gasteiger partial charge on any atom is -0.381 e. The third-order valence-electron chi connectivity index (χ3n) is 6.42. The topological polar surface area (TPSA) is 91.0 Å². The van der Waals surface area contributed by atoms with E-state index in [1.165, 1.54) is 16.6 Å². The van der Waals surface area contributed by atoms with Crippen molar-refractivity contribution in [3.63, 3.8) is 0 Å². The molecule has 0 radical (unpaired) electrons. The molecular formula is C25H26FN5O2S. The first-order valence-corrected chi connectivity index (χ1v) is 13.1. The lowest BCUT2D eigenvalue weighted by Gasteiger charge is -2.29. The summed E-state index contributed by atoms with van der Waals surface area (Å²) in [6.07, 6.45) is 7.89. The smallest absolute Gasteiger partial charge is 0.211 e. The minimum absolute atomic E-state index is 0.207. The van der Waals surface area contributed by atoms with Crippen LogP contribution in [0.4, 0.5) is 10.1 Å². The third kappa shape index (κ3) is 4.67. The summed E-state index contributed by atoms with van der Waals surface area (Å²) in [5.74, 6) is -0.0931. The van der Waals surface area contributed by atoms with Crippen LogP contribution in [-0.4, -0.2) is 47.0 Å². The van der Waals surface area contributed by atoms with Gasteiger partial charge in [-0.3, -0.25) is 4.98 Å². The summed E-state index contributed by atoms with van der Waals surface area (Å²) in [6.45, 7) is 1.61. The van der Waals surface area contributed by atoms with Crippen molar-refractivity contribution in [2.24, 2.45) is 0 Å². The van der Waals surface area contributed by atoms with Crippen LogP contribution >= 0.6 is 0 Å². The number of fused-ring (bicyclic) bond motifs is 1. The van der Waals surface area contributed by atoms with Crippen LogP contribution in [0.5, 0.6) is 0 Å². The lowest BCUT2D eigenvalue weighted by molar-refractivity contribution is 0.319. The molecule has 4 heterocycles. The molecule has 34 heavy (non-hydrogen) atoms. The molecule has 9 heteroatoms. The maximum atomic E-state index is 14.9. The summed E-state index contributed by atoms with van der Waals surface area (Å²) in [4.78, 5) is 11.9. The number of anilines is 1. The molecule has 176 valence electrons. The SMILES string of the molecule is CS(=O)(=O)N1CCC(c2cc3c(-c4cc(NCc5ccncc5)ccc4F)ccnc3[nH]2)CC1. The van der Waals surface area contributed by atoms with Gasteiger partial charge >= 0.3 is 0 Å². The van der Waals surface area contributed by atoms with Gasteiger partial charge in [0.25, 0.3) is 0 Å². The molecule has 3 aromatic heterocycles. The van der Waals surface area contributed by atoms with Gasteiger partial charge in [-0.05, 0) is 66.4 Å². The van der Waals surface area contributed by atoms with Crippen molar-refractivity contribution >= 4 is 26.7 Å². The fourth-order valence-electron chi connectivity index (χ4n) is 4.55. The zero-order chi connectivity index (χ0) is 23.7. The van der Waals surface area contributed by atoms with Crippen LogP contribution in [0.1, 0.15) is 30.0 Å². The van der Waals surface area contributed by atoms with E-state index in [4.69, 9.17) is 0 Å². The van der Waals surface area contributed by atoms with Crippen LogP contribution in [0.25, 0.3) is 22.2 Å². The Morgan fingerprint density at radius 2 is 1.82 bits per heavy atom. The van der Waals surface area contributed by atoms with Crippen LogP contribution in [0.3, 0.4) is 0 Å². The Morgan fingerprint density at radius 1 is 1.06 bits per heavy atom. The lowest BCUT2D eigenvalue weighted by atomic mass is 9.94.